The number of benzene rings is 1. The Morgan fingerprint density at radius 3 is 2.55 bits per heavy atom. The van der Waals surface area contributed by atoms with Crippen molar-refractivity contribution >= 4 is 58.4 Å². The van der Waals surface area contributed by atoms with Gasteiger partial charge in [0.1, 0.15) is 4.90 Å². The SMILES string of the molecule is CC(C)c1csc(NS(=O)(=O)c2ccc(Br)cc2Br)n1. The first-order valence-electron chi connectivity index (χ1n) is 5.73. The van der Waals surface area contributed by atoms with Gasteiger partial charge in [0.2, 0.25) is 0 Å². The molecule has 0 aliphatic carbocycles. The summed E-state index contributed by atoms with van der Waals surface area (Å²) >= 11 is 7.83. The van der Waals surface area contributed by atoms with E-state index in [0.717, 1.165) is 10.2 Å². The maximum atomic E-state index is 12.3. The van der Waals surface area contributed by atoms with E-state index in [2.05, 4.69) is 41.6 Å². The number of aromatic nitrogens is 1. The Balaban J connectivity index is 2.30. The first kappa shape index (κ1) is 15.9. The summed E-state index contributed by atoms with van der Waals surface area (Å²) in [5.41, 5.74) is 0.877. The Hall–Kier alpha value is -0.440. The van der Waals surface area contributed by atoms with Crippen molar-refractivity contribution in [3.63, 3.8) is 0 Å². The molecule has 0 amide bonds. The zero-order valence-corrected chi connectivity index (χ0v) is 15.5. The van der Waals surface area contributed by atoms with E-state index in [-0.39, 0.29) is 10.8 Å². The molecule has 1 aromatic carbocycles. The highest BCUT2D eigenvalue weighted by Gasteiger charge is 2.19. The van der Waals surface area contributed by atoms with Gasteiger partial charge in [-0.2, -0.15) is 0 Å². The number of hydrogen-bond acceptors (Lipinski definition) is 4. The van der Waals surface area contributed by atoms with E-state index in [1.807, 2.05) is 19.2 Å². The first-order chi connectivity index (χ1) is 9.29. The molecule has 20 heavy (non-hydrogen) atoms. The number of thiazole rings is 1. The molecule has 0 fully saturated rings. The van der Waals surface area contributed by atoms with Crippen molar-refractivity contribution in [1.82, 2.24) is 4.98 Å². The van der Waals surface area contributed by atoms with Gasteiger partial charge in [0.25, 0.3) is 10.0 Å². The van der Waals surface area contributed by atoms with E-state index >= 15 is 0 Å². The van der Waals surface area contributed by atoms with Gasteiger partial charge in [-0.1, -0.05) is 29.8 Å². The first-order valence-corrected chi connectivity index (χ1v) is 9.68. The van der Waals surface area contributed by atoms with Crippen LogP contribution < -0.4 is 4.72 Å². The zero-order chi connectivity index (χ0) is 14.9. The molecule has 0 unspecified atom stereocenters. The van der Waals surface area contributed by atoms with Gasteiger partial charge in [0.15, 0.2) is 5.13 Å². The van der Waals surface area contributed by atoms with E-state index in [9.17, 15) is 8.42 Å². The second-order valence-corrected chi connectivity index (χ2v) is 8.69. The molecule has 0 bridgehead atoms. The summed E-state index contributed by atoms with van der Waals surface area (Å²) in [5.74, 6) is 0.268. The summed E-state index contributed by atoms with van der Waals surface area (Å²) in [5, 5.41) is 2.24. The molecule has 0 atom stereocenters. The quantitative estimate of drug-likeness (QED) is 0.757. The predicted octanol–water partition coefficient (Wildman–Crippen LogP) is 4.59. The van der Waals surface area contributed by atoms with Crippen molar-refractivity contribution in [2.45, 2.75) is 24.7 Å². The number of halogens is 2. The monoisotopic (exact) mass is 438 g/mol. The van der Waals surface area contributed by atoms with Crippen molar-refractivity contribution in [2.24, 2.45) is 0 Å². The van der Waals surface area contributed by atoms with Crippen molar-refractivity contribution < 1.29 is 8.42 Å². The lowest BCUT2D eigenvalue weighted by molar-refractivity contribution is 0.600. The number of nitrogens with zero attached hydrogens (tertiary/aromatic N) is 1. The molecular formula is C12H12Br2N2O2S2. The Morgan fingerprint density at radius 2 is 2.00 bits per heavy atom. The molecule has 0 spiro atoms. The summed E-state index contributed by atoms with van der Waals surface area (Å²) in [6.45, 7) is 4.03. The number of rotatable bonds is 4. The van der Waals surface area contributed by atoms with Crippen LogP contribution in [0, 0.1) is 0 Å². The molecule has 1 heterocycles. The van der Waals surface area contributed by atoms with Crippen LogP contribution in [-0.2, 0) is 10.0 Å². The fourth-order valence-corrected chi connectivity index (χ4v) is 5.33. The lowest BCUT2D eigenvalue weighted by Gasteiger charge is -2.07. The van der Waals surface area contributed by atoms with Gasteiger partial charge in [0.05, 0.1) is 5.69 Å². The highest BCUT2D eigenvalue weighted by molar-refractivity contribution is 9.11. The van der Waals surface area contributed by atoms with Crippen LogP contribution in [0.25, 0.3) is 0 Å². The van der Waals surface area contributed by atoms with Crippen molar-refractivity contribution in [3.05, 3.63) is 38.2 Å². The average Bonchev–Trinajstić information content (AvgIpc) is 2.76. The largest absolute Gasteiger partial charge is 0.264 e. The molecule has 2 aromatic rings. The van der Waals surface area contributed by atoms with Gasteiger partial charge in [0, 0.05) is 14.3 Å². The van der Waals surface area contributed by atoms with Crippen LogP contribution >= 0.6 is 43.2 Å². The minimum Gasteiger partial charge on any atom is -0.255 e. The molecule has 0 saturated carbocycles. The van der Waals surface area contributed by atoms with Crippen LogP contribution in [0.5, 0.6) is 0 Å². The Morgan fingerprint density at radius 1 is 1.30 bits per heavy atom. The van der Waals surface area contributed by atoms with Crippen LogP contribution in [0.15, 0.2) is 37.4 Å². The lowest BCUT2D eigenvalue weighted by Crippen LogP contribution is -2.13. The van der Waals surface area contributed by atoms with Gasteiger partial charge in [-0.25, -0.2) is 13.4 Å². The Labute approximate surface area is 138 Å². The molecule has 0 radical (unpaired) electrons. The molecule has 8 heteroatoms. The van der Waals surface area contributed by atoms with Crippen LogP contribution in [-0.4, -0.2) is 13.4 Å². The van der Waals surface area contributed by atoms with Crippen molar-refractivity contribution in [1.29, 1.82) is 0 Å². The summed E-state index contributed by atoms with van der Waals surface area (Å²) in [4.78, 5) is 4.45. The van der Waals surface area contributed by atoms with Gasteiger partial charge < -0.3 is 0 Å². The molecule has 0 aliphatic rings. The second kappa shape index (κ2) is 6.13. The normalized spacial score (nSPS) is 11.8. The van der Waals surface area contributed by atoms with Crippen LogP contribution in [0.4, 0.5) is 5.13 Å². The Kier molecular flexibility index (Phi) is 4.88. The number of hydrogen-bond donors (Lipinski definition) is 1. The summed E-state index contributed by atoms with van der Waals surface area (Å²) in [7, 11) is -3.64. The van der Waals surface area contributed by atoms with E-state index < -0.39 is 10.0 Å². The lowest BCUT2D eigenvalue weighted by atomic mass is 10.2. The fourth-order valence-electron chi connectivity index (χ4n) is 1.46. The molecule has 0 aliphatic heterocycles. The molecular weight excluding hydrogens is 428 g/mol. The summed E-state index contributed by atoms with van der Waals surface area (Å²) < 4.78 is 28.5. The Bertz CT molecular complexity index is 727. The van der Waals surface area contributed by atoms with Crippen molar-refractivity contribution in [2.75, 3.05) is 4.72 Å². The minimum absolute atomic E-state index is 0.182. The average molecular weight is 440 g/mol. The molecule has 108 valence electrons. The zero-order valence-electron chi connectivity index (χ0n) is 10.7. The van der Waals surface area contributed by atoms with Crippen LogP contribution in [0.3, 0.4) is 0 Å². The predicted molar refractivity (Wildman–Crippen MR) is 88.9 cm³/mol. The maximum absolute atomic E-state index is 12.3. The fraction of sp³-hybridized carbons (Fsp3) is 0.250. The molecule has 1 N–H and O–H groups in total. The van der Waals surface area contributed by atoms with Gasteiger partial charge >= 0.3 is 0 Å². The van der Waals surface area contributed by atoms with Crippen LogP contribution in [0.2, 0.25) is 0 Å². The number of nitrogens with one attached hydrogen (secondary N) is 1. The third-order valence-electron chi connectivity index (χ3n) is 2.52. The summed E-state index contributed by atoms with van der Waals surface area (Å²) in [6.07, 6.45) is 0. The topological polar surface area (TPSA) is 59.1 Å². The van der Waals surface area contributed by atoms with Gasteiger partial charge in [-0.3, -0.25) is 4.72 Å². The van der Waals surface area contributed by atoms with Gasteiger partial charge in [-0.15, -0.1) is 11.3 Å². The third kappa shape index (κ3) is 3.60. The highest BCUT2D eigenvalue weighted by atomic mass is 79.9. The van der Waals surface area contributed by atoms with Crippen LogP contribution in [0.1, 0.15) is 25.5 Å². The third-order valence-corrected chi connectivity index (χ3v) is 6.23. The standard InChI is InChI=1S/C12H12Br2N2O2S2/c1-7(2)10-6-19-12(15-10)16-20(17,18)11-4-3-8(13)5-9(11)14/h3-7H,1-2H3,(H,15,16). The van der Waals surface area contributed by atoms with E-state index in [0.29, 0.717) is 9.60 Å². The smallest absolute Gasteiger partial charge is 0.255 e. The highest BCUT2D eigenvalue weighted by Crippen LogP contribution is 2.29. The number of sulfonamides is 1. The minimum atomic E-state index is -3.64. The molecule has 0 saturated heterocycles. The van der Waals surface area contributed by atoms with E-state index in [1.165, 1.54) is 17.4 Å². The molecule has 4 nitrogen and oxygen atoms in total. The van der Waals surface area contributed by atoms with E-state index in [4.69, 9.17) is 0 Å². The number of anilines is 1. The maximum Gasteiger partial charge on any atom is 0.264 e. The summed E-state index contributed by atoms with van der Waals surface area (Å²) in [6, 6.07) is 4.91. The van der Waals surface area contributed by atoms with Crippen molar-refractivity contribution in [3.8, 4) is 0 Å². The second-order valence-electron chi connectivity index (χ2n) is 4.41. The molecule has 2 rings (SSSR count). The molecule has 1 aromatic heterocycles. The van der Waals surface area contributed by atoms with Gasteiger partial charge in [-0.05, 0) is 40.0 Å². The van der Waals surface area contributed by atoms with E-state index in [1.54, 1.807) is 12.1 Å².